The van der Waals surface area contributed by atoms with Gasteiger partial charge < -0.3 is 0 Å². The molecular weight excluding hydrogens is 724 g/mol. The Hall–Kier alpha value is 3.57. The van der Waals surface area contributed by atoms with Crippen LogP contribution in [-0.2, 0) is 13.0 Å². The third kappa shape index (κ3) is 7.12. The van der Waals surface area contributed by atoms with E-state index in [0.717, 1.165) is 0 Å². The summed E-state index contributed by atoms with van der Waals surface area (Å²) in [6.07, 6.45) is 2.85. The van der Waals surface area contributed by atoms with Crippen LogP contribution in [0.4, 0.5) is 0 Å². The average Bonchev–Trinajstić information content (AvgIpc) is 2.55. The van der Waals surface area contributed by atoms with Gasteiger partial charge in [0.05, 0.1) is 0 Å². The third-order valence-corrected chi connectivity index (χ3v) is 11.2. The third-order valence-electron chi connectivity index (χ3n) is 3.92. The first-order valence-electron chi connectivity index (χ1n) is 7.89. The van der Waals surface area contributed by atoms with E-state index in [0.29, 0.717) is 12.8 Å². The number of hydrogen-bond acceptors (Lipinski definition) is 0. The monoisotopic (exact) mass is 727 g/mol. The van der Waals surface area contributed by atoms with E-state index in [4.69, 9.17) is 174 Å². The predicted octanol–water partition coefficient (Wildman–Crippen LogP) is 12.0. The second-order valence-corrected chi connectivity index (χ2v) is 17.0. The largest absolute Gasteiger partial charge is 0.227 e. The molecule has 15 heteroatoms. The fourth-order valence-electron chi connectivity index (χ4n) is 2.33. The fourth-order valence-corrected chi connectivity index (χ4v) is 4.11. The van der Waals surface area contributed by atoms with E-state index < -0.39 is 24.4 Å². The van der Waals surface area contributed by atoms with Crippen molar-refractivity contribution >= 4 is 174 Å². The highest BCUT2D eigenvalue weighted by molar-refractivity contribution is 6.77. The van der Waals surface area contributed by atoms with Crippen molar-refractivity contribution in [1.82, 2.24) is 0 Å². The van der Waals surface area contributed by atoms with Gasteiger partial charge in [-0.15, -0.1) is 0 Å². The lowest BCUT2D eigenvalue weighted by Crippen LogP contribution is -2.36. The van der Waals surface area contributed by atoms with Crippen molar-refractivity contribution in [2.24, 2.45) is 0 Å². The Balaban J connectivity index is 4.20. The zero-order valence-corrected chi connectivity index (χ0v) is 26.2. The zero-order chi connectivity index (χ0) is 24.8. The molecule has 0 spiro atoms. The van der Waals surface area contributed by atoms with E-state index in [1.165, 1.54) is 12.1 Å². The Morgan fingerprint density at radius 3 is 1.16 bits per heavy atom. The maximum absolute atomic E-state index is 6.47. The van der Waals surface area contributed by atoms with Crippen molar-refractivity contribution in [1.29, 1.82) is 0 Å². The molecule has 1 radical (unpaired) electrons. The van der Waals surface area contributed by atoms with Crippen LogP contribution in [0.3, 0.4) is 0 Å². The Morgan fingerprint density at radius 2 is 0.903 bits per heavy atom. The summed E-state index contributed by atoms with van der Waals surface area (Å²) >= 11 is 92.8. The summed E-state index contributed by atoms with van der Waals surface area (Å²) in [5.41, 5.74) is 0.0781. The summed E-state index contributed by atoms with van der Waals surface area (Å²) in [4.78, 5) is 0. The van der Waals surface area contributed by atoms with E-state index in [2.05, 4.69) is 0 Å². The van der Waals surface area contributed by atoms with Crippen molar-refractivity contribution in [3.8, 4) is 0 Å². The molecular formula is C16H10Cl15. The molecule has 1 rings (SSSR count). The van der Waals surface area contributed by atoms with E-state index in [1.807, 2.05) is 6.92 Å². The van der Waals surface area contributed by atoms with Crippen molar-refractivity contribution in [3.05, 3.63) is 40.8 Å². The average molecular weight is 734 g/mol. The smallest absolute Gasteiger partial charge is 0.0915 e. The first-order valence-corrected chi connectivity index (χ1v) is 13.6. The molecule has 0 bridgehead atoms. The molecule has 0 atom stereocenters. The van der Waals surface area contributed by atoms with Crippen LogP contribution in [0.15, 0.2) is 12.1 Å². The molecule has 0 amide bonds. The van der Waals surface area contributed by atoms with E-state index in [-0.39, 0.29) is 22.3 Å². The Kier molecular flexibility index (Phi) is 11.7. The Bertz CT molecular complexity index is 733. The number of hydrogen-bond donors (Lipinski definition) is 0. The molecule has 31 heavy (non-hydrogen) atoms. The summed E-state index contributed by atoms with van der Waals surface area (Å²) in [6, 6.07) is 2.58. The summed E-state index contributed by atoms with van der Waals surface area (Å²) in [5.74, 6) is 0. The van der Waals surface area contributed by atoms with Crippen LogP contribution in [0.1, 0.15) is 42.0 Å². The van der Waals surface area contributed by atoms with E-state index in [1.54, 1.807) is 6.42 Å². The molecule has 0 unspecified atom stereocenters. The molecule has 0 aromatic heterocycles. The number of unbranched alkanes of at least 4 members (excludes halogenated alkanes) is 1. The normalized spacial score (nSPS) is 14.8. The molecule has 0 saturated heterocycles. The van der Waals surface area contributed by atoms with Gasteiger partial charge in [0.1, 0.15) is 0 Å². The maximum atomic E-state index is 6.47. The van der Waals surface area contributed by atoms with Crippen LogP contribution in [0.5, 0.6) is 0 Å². The van der Waals surface area contributed by atoms with Crippen molar-refractivity contribution in [3.63, 3.8) is 0 Å². The van der Waals surface area contributed by atoms with Crippen molar-refractivity contribution in [2.45, 2.75) is 44.1 Å². The maximum Gasteiger partial charge on any atom is 0.227 e. The van der Waals surface area contributed by atoms with Crippen LogP contribution in [0, 0.1) is 6.42 Å². The first-order chi connectivity index (χ1) is 13.5. The predicted molar refractivity (Wildman–Crippen MR) is 146 cm³/mol. The van der Waals surface area contributed by atoms with Crippen LogP contribution < -0.4 is 0 Å². The highest BCUT2D eigenvalue weighted by Gasteiger charge is 2.55. The van der Waals surface area contributed by atoms with Crippen LogP contribution >= 0.6 is 174 Å². The molecule has 0 aliphatic carbocycles. The van der Waals surface area contributed by atoms with Crippen molar-refractivity contribution < 1.29 is 0 Å². The van der Waals surface area contributed by atoms with Gasteiger partial charge in [-0.2, -0.15) is 0 Å². The quantitative estimate of drug-likeness (QED) is 0.255. The molecule has 0 aliphatic rings. The van der Waals surface area contributed by atoms with Gasteiger partial charge in [-0.05, 0) is 47.2 Å². The van der Waals surface area contributed by atoms with Crippen molar-refractivity contribution in [2.75, 3.05) is 0 Å². The standard InChI is InChI=1S/C16H10Cl15/c1-2-3-4-8-9(12(19,20)15(26,27)28)5-7(11(17,18)14(23,24)25)6-10(8)13(21,22)16(29,30)31/h4-6H,2-3H2,1H3. The molecule has 0 heterocycles. The summed E-state index contributed by atoms with van der Waals surface area (Å²) < 4.78 is -13.3. The molecule has 0 fully saturated rings. The zero-order valence-electron chi connectivity index (χ0n) is 14.8. The van der Waals surface area contributed by atoms with Gasteiger partial charge in [-0.1, -0.05) is 187 Å². The second kappa shape index (κ2) is 11.1. The first kappa shape index (κ1) is 32.6. The molecule has 1 aromatic carbocycles. The number of rotatable bonds is 6. The fraction of sp³-hybridized carbons (Fsp3) is 0.562. The highest BCUT2D eigenvalue weighted by atomic mass is 35.6. The number of alkyl halides is 15. The number of halogens is 15. The van der Waals surface area contributed by atoms with Gasteiger partial charge in [0.25, 0.3) is 0 Å². The van der Waals surface area contributed by atoms with Gasteiger partial charge in [0.15, 0.2) is 13.0 Å². The lowest BCUT2D eigenvalue weighted by atomic mass is 9.89. The minimum Gasteiger partial charge on any atom is -0.0915 e. The molecule has 0 aliphatic heterocycles. The molecule has 0 nitrogen and oxygen atoms in total. The highest BCUT2D eigenvalue weighted by Crippen LogP contribution is 2.61. The summed E-state index contributed by atoms with van der Waals surface area (Å²) in [6.45, 7) is 1.91. The lowest BCUT2D eigenvalue weighted by Gasteiger charge is -2.37. The topological polar surface area (TPSA) is 0 Å². The van der Waals surface area contributed by atoms with Crippen LogP contribution in [0.2, 0.25) is 0 Å². The SMILES string of the molecule is CCC[CH]c1c(C(Cl)(Cl)C(Cl)(Cl)Cl)cc(C(Cl)(Cl)C(Cl)(Cl)Cl)cc1C(Cl)(Cl)C(Cl)(Cl)Cl. The van der Waals surface area contributed by atoms with Gasteiger partial charge in [0, 0.05) is 0 Å². The minimum atomic E-state index is -2.26. The van der Waals surface area contributed by atoms with E-state index in [9.17, 15) is 0 Å². The summed E-state index contributed by atoms with van der Waals surface area (Å²) in [5, 5.41) is 0. The van der Waals surface area contributed by atoms with Crippen LogP contribution in [-0.4, -0.2) is 11.4 Å². The molecule has 179 valence electrons. The summed E-state index contributed by atoms with van der Waals surface area (Å²) in [7, 11) is 0. The van der Waals surface area contributed by atoms with Gasteiger partial charge in [-0.3, -0.25) is 0 Å². The second-order valence-electron chi connectivity index (χ2n) is 6.19. The molecule has 0 saturated carbocycles. The van der Waals surface area contributed by atoms with Crippen LogP contribution in [0.25, 0.3) is 0 Å². The molecule has 0 N–H and O–H groups in total. The van der Waals surface area contributed by atoms with Gasteiger partial charge >= 0.3 is 0 Å². The van der Waals surface area contributed by atoms with E-state index >= 15 is 0 Å². The Labute approximate surface area is 256 Å². The Morgan fingerprint density at radius 1 is 0.581 bits per heavy atom. The molecule has 1 aromatic rings. The minimum absolute atomic E-state index is 0.0309. The van der Waals surface area contributed by atoms with Gasteiger partial charge in [-0.25, -0.2) is 0 Å². The lowest BCUT2D eigenvalue weighted by molar-refractivity contribution is 0.793. The number of benzene rings is 1. The van der Waals surface area contributed by atoms with Gasteiger partial charge in [0.2, 0.25) is 11.4 Å².